The second kappa shape index (κ2) is 7.78. The van der Waals surface area contributed by atoms with Gasteiger partial charge in [0.2, 0.25) is 0 Å². The minimum absolute atomic E-state index is 0. The minimum Gasteiger partial charge on any atom is -0.319 e. The fraction of sp³-hybridized carbons (Fsp3) is 0.538. The maximum absolute atomic E-state index is 10.8. The van der Waals surface area contributed by atoms with Crippen LogP contribution in [0.3, 0.4) is 0 Å². The van der Waals surface area contributed by atoms with Crippen LogP contribution in [-0.4, -0.2) is 36.5 Å². The van der Waals surface area contributed by atoms with Crippen LogP contribution < -0.4 is 5.32 Å². The molecule has 0 aliphatic carbocycles. The van der Waals surface area contributed by atoms with E-state index in [1.165, 1.54) is 6.42 Å². The molecule has 0 saturated carbocycles. The van der Waals surface area contributed by atoms with Gasteiger partial charge in [-0.05, 0) is 44.1 Å². The molecule has 1 atom stereocenters. The van der Waals surface area contributed by atoms with Crippen molar-refractivity contribution in [2.45, 2.75) is 13.0 Å². The van der Waals surface area contributed by atoms with Crippen molar-refractivity contribution in [3.05, 3.63) is 38.9 Å². The summed E-state index contributed by atoms with van der Waals surface area (Å²) in [5.41, 5.74) is 0.936. The smallest absolute Gasteiger partial charge is 0.288 e. The normalized spacial score (nSPS) is 18.8. The predicted octanol–water partition coefficient (Wildman–Crippen LogP) is 2.71. The first-order valence-electron chi connectivity index (χ1n) is 6.40. The molecule has 1 heterocycles. The molecule has 112 valence electrons. The molecule has 0 radical (unpaired) electrons. The first-order valence-corrected chi connectivity index (χ1v) is 6.77. The van der Waals surface area contributed by atoms with Crippen LogP contribution in [0.25, 0.3) is 0 Å². The fourth-order valence-electron chi connectivity index (χ4n) is 2.57. The second-order valence-electron chi connectivity index (χ2n) is 4.99. The van der Waals surface area contributed by atoms with Crippen LogP contribution in [0.5, 0.6) is 0 Å². The molecule has 0 aromatic heterocycles. The molecule has 1 aliphatic rings. The highest BCUT2D eigenvalue weighted by atomic mass is 35.5. The third-order valence-corrected chi connectivity index (χ3v) is 3.80. The van der Waals surface area contributed by atoms with Crippen LogP contribution in [0.2, 0.25) is 5.02 Å². The number of nitrogens with zero attached hydrogens (tertiary/aromatic N) is 2. The molecular weight excluding hydrogens is 301 g/mol. The van der Waals surface area contributed by atoms with Gasteiger partial charge in [-0.2, -0.15) is 0 Å². The summed E-state index contributed by atoms with van der Waals surface area (Å²) in [6.07, 6.45) is 1.18. The Kier molecular flexibility index (Phi) is 6.68. The zero-order valence-corrected chi connectivity index (χ0v) is 12.9. The molecule has 7 heteroatoms. The Labute approximate surface area is 129 Å². The molecule has 5 nitrogen and oxygen atoms in total. The molecule has 1 aliphatic heterocycles. The van der Waals surface area contributed by atoms with Crippen molar-refractivity contribution in [1.82, 2.24) is 10.2 Å². The fourth-order valence-corrected chi connectivity index (χ4v) is 2.75. The molecule has 0 amide bonds. The van der Waals surface area contributed by atoms with E-state index in [9.17, 15) is 10.1 Å². The standard InChI is InChI=1S/C13H18ClN3O2.ClH/c1-15-7-11-4-5-16(9-11)8-10-2-3-12(14)13(6-10)17(18)19;/h2-3,6,11,15H,4-5,7-9H2,1H3;1H. The molecular formula is C13H19Cl2N3O2. The van der Waals surface area contributed by atoms with Gasteiger partial charge in [-0.1, -0.05) is 17.7 Å². The van der Waals surface area contributed by atoms with Gasteiger partial charge >= 0.3 is 0 Å². The van der Waals surface area contributed by atoms with E-state index >= 15 is 0 Å². The molecule has 1 aromatic rings. The summed E-state index contributed by atoms with van der Waals surface area (Å²) in [7, 11) is 1.96. The summed E-state index contributed by atoms with van der Waals surface area (Å²) in [4.78, 5) is 12.7. The van der Waals surface area contributed by atoms with Crippen LogP contribution >= 0.6 is 24.0 Å². The Morgan fingerprint density at radius 2 is 2.30 bits per heavy atom. The lowest BCUT2D eigenvalue weighted by molar-refractivity contribution is -0.384. The molecule has 1 aromatic carbocycles. The lowest BCUT2D eigenvalue weighted by atomic mass is 10.1. The quantitative estimate of drug-likeness (QED) is 0.669. The van der Waals surface area contributed by atoms with E-state index in [0.717, 1.165) is 31.7 Å². The highest BCUT2D eigenvalue weighted by Crippen LogP contribution is 2.26. The van der Waals surface area contributed by atoms with Gasteiger partial charge in [-0.25, -0.2) is 0 Å². The monoisotopic (exact) mass is 319 g/mol. The summed E-state index contributed by atoms with van der Waals surface area (Å²) in [5.74, 6) is 0.673. The lowest BCUT2D eigenvalue weighted by Crippen LogP contribution is -2.24. The lowest BCUT2D eigenvalue weighted by Gasteiger charge is -2.16. The summed E-state index contributed by atoms with van der Waals surface area (Å²) >= 11 is 5.81. The molecule has 2 rings (SSSR count). The zero-order chi connectivity index (χ0) is 13.8. The summed E-state index contributed by atoms with van der Waals surface area (Å²) in [6.45, 7) is 3.86. The van der Waals surface area contributed by atoms with Gasteiger partial charge in [0.05, 0.1) is 4.92 Å². The van der Waals surface area contributed by atoms with Crippen molar-refractivity contribution in [3.63, 3.8) is 0 Å². The molecule has 1 N–H and O–H groups in total. The van der Waals surface area contributed by atoms with Crippen molar-refractivity contribution in [2.24, 2.45) is 5.92 Å². The average Bonchev–Trinajstić information content (AvgIpc) is 2.79. The number of halogens is 2. The largest absolute Gasteiger partial charge is 0.319 e. The molecule has 20 heavy (non-hydrogen) atoms. The van der Waals surface area contributed by atoms with Gasteiger partial charge in [0.1, 0.15) is 5.02 Å². The van der Waals surface area contributed by atoms with E-state index in [1.54, 1.807) is 12.1 Å². The number of nitrogens with one attached hydrogen (secondary N) is 1. The number of hydrogen-bond donors (Lipinski definition) is 1. The topological polar surface area (TPSA) is 58.4 Å². The Morgan fingerprint density at radius 1 is 1.55 bits per heavy atom. The van der Waals surface area contributed by atoms with Gasteiger partial charge in [-0.3, -0.25) is 15.0 Å². The van der Waals surface area contributed by atoms with E-state index in [2.05, 4.69) is 10.2 Å². The van der Waals surface area contributed by atoms with Gasteiger partial charge in [0.25, 0.3) is 5.69 Å². The summed E-state index contributed by atoms with van der Waals surface area (Å²) < 4.78 is 0. The van der Waals surface area contributed by atoms with Gasteiger partial charge in [0, 0.05) is 19.2 Å². The van der Waals surface area contributed by atoms with Crippen LogP contribution in [0.4, 0.5) is 5.69 Å². The van der Waals surface area contributed by atoms with Gasteiger partial charge < -0.3 is 5.32 Å². The van der Waals surface area contributed by atoms with E-state index < -0.39 is 4.92 Å². The van der Waals surface area contributed by atoms with Crippen molar-refractivity contribution in [3.8, 4) is 0 Å². The number of hydrogen-bond acceptors (Lipinski definition) is 4. The van der Waals surface area contributed by atoms with Crippen LogP contribution in [0, 0.1) is 16.0 Å². The average molecular weight is 320 g/mol. The van der Waals surface area contributed by atoms with Gasteiger partial charge in [-0.15, -0.1) is 12.4 Å². The van der Waals surface area contributed by atoms with Crippen molar-refractivity contribution in [2.75, 3.05) is 26.7 Å². The van der Waals surface area contributed by atoms with Crippen LogP contribution in [0.15, 0.2) is 18.2 Å². The Morgan fingerprint density at radius 3 is 2.95 bits per heavy atom. The van der Waals surface area contributed by atoms with E-state index in [4.69, 9.17) is 11.6 Å². The van der Waals surface area contributed by atoms with Crippen LogP contribution in [0.1, 0.15) is 12.0 Å². The van der Waals surface area contributed by atoms with Crippen molar-refractivity contribution < 1.29 is 4.92 Å². The molecule has 0 spiro atoms. The van der Waals surface area contributed by atoms with E-state index in [0.29, 0.717) is 5.92 Å². The predicted molar refractivity (Wildman–Crippen MR) is 82.7 cm³/mol. The molecule has 1 fully saturated rings. The van der Waals surface area contributed by atoms with E-state index in [-0.39, 0.29) is 23.1 Å². The second-order valence-corrected chi connectivity index (χ2v) is 5.40. The molecule has 0 bridgehead atoms. The number of likely N-dealkylation sites (tertiary alicyclic amines) is 1. The molecule has 1 unspecified atom stereocenters. The van der Waals surface area contributed by atoms with Crippen LogP contribution in [-0.2, 0) is 6.54 Å². The summed E-state index contributed by atoms with van der Waals surface area (Å²) in [5, 5.41) is 14.2. The Balaban J connectivity index is 0.00000200. The number of nitro groups is 1. The van der Waals surface area contributed by atoms with Crippen molar-refractivity contribution in [1.29, 1.82) is 0 Å². The van der Waals surface area contributed by atoms with Crippen molar-refractivity contribution >= 4 is 29.7 Å². The van der Waals surface area contributed by atoms with Gasteiger partial charge in [0.15, 0.2) is 0 Å². The zero-order valence-electron chi connectivity index (χ0n) is 11.3. The number of rotatable bonds is 5. The maximum Gasteiger partial charge on any atom is 0.288 e. The Bertz CT molecular complexity index is 471. The highest BCUT2D eigenvalue weighted by molar-refractivity contribution is 6.32. The first-order chi connectivity index (χ1) is 9.10. The minimum atomic E-state index is -0.431. The highest BCUT2D eigenvalue weighted by Gasteiger charge is 2.22. The van der Waals surface area contributed by atoms with E-state index in [1.807, 2.05) is 13.1 Å². The number of nitro benzene ring substituents is 1. The molecule has 1 saturated heterocycles. The maximum atomic E-state index is 10.8. The third kappa shape index (κ3) is 4.31. The Hall–Kier alpha value is -0.880. The first kappa shape index (κ1) is 17.2. The third-order valence-electron chi connectivity index (χ3n) is 3.48. The summed E-state index contributed by atoms with van der Waals surface area (Å²) in [6, 6.07) is 5.05. The SMILES string of the molecule is CNCC1CCN(Cc2ccc(Cl)c([N+](=O)[O-])c2)C1.Cl. The number of benzene rings is 1.